The molecule has 5 nitrogen and oxygen atoms in total. The SMILES string of the molecule is O=C(CCN1C(=O)[C@H]2CC=CC[C@H]2C1=O)Nc1cccc(Cl)c1Cl. The number of likely N-dealkylation sites (tertiary alicyclic amines) is 1. The number of allylic oxidation sites excluding steroid dienone is 2. The molecule has 0 spiro atoms. The second-order valence-electron chi connectivity index (χ2n) is 5.88. The fourth-order valence-corrected chi connectivity index (χ4v) is 3.46. The maximum Gasteiger partial charge on any atom is 0.233 e. The van der Waals surface area contributed by atoms with Crippen molar-refractivity contribution in [1.29, 1.82) is 0 Å². The summed E-state index contributed by atoms with van der Waals surface area (Å²) in [6.45, 7) is 0.0781. The van der Waals surface area contributed by atoms with Crippen LogP contribution in [0.2, 0.25) is 10.0 Å². The molecule has 7 heteroatoms. The normalized spacial score (nSPS) is 22.7. The molecule has 3 rings (SSSR count). The Labute approximate surface area is 149 Å². The average Bonchev–Trinajstić information content (AvgIpc) is 2.82. The third-order valence-electron chi connectivity index (χ3n) is 4.39. The summed E-state index contributed by atoms with van der Waals surface area (Å²) in [7, 11) is 0. The van der Waals surface area contributed by atoms with Gasteiger partial charge in [0.2, 0.25) is 17.7 Å². The number of hydrogen-bond acceptors (Lipinski definition) is 3. The fraction of sp³-hybridized carbons (Fsp3) is 0.353. The van der Waals surface area contributed by atoms with Crippen molar-refractivity contribution in [3.8, 4) is 0 Å². The Morgan fingerprint density at radius 2 is 1.75 bits per heavy atom. The average molecular weight is 367 g/mol. The van der Waals surface area contributed by atoms with E-state index in [0.717, 1.165) is 0 Å². The first-order valence-corrected chi connectivity index (χ1v) is 8.48. The topological polar surface area (TPSA) is 66.5 Å². The van der Waals surface area contributed by atoms with Crippen LogP contribution in [0, 0.1) is 11.8 Å². The summed E-state index contributed by atoms with van der Waals surface area (Å²) in [6, 6.07) is 4.93. The fourth-order valence-electron chi connectivity index (χ4n) is 3.12. The molecular formula is C17H16Cl2N2O3. The monoisotopic (exact) mass is 366 g/mol. The first kappa shape index (κ1) is 17.0. The summed E-state index contributed by atoms with van der Waals surface area (Å²) in [6.07, 6.45) is 5.08. The number of benzene rings is 1. The van der Waals surface area contributed by atoms with Crippen molar-refractivity contribution in [3.05, 3.63) is 40.4 Å². The van der Waals surface area contributed by atoms with Crippen LogP contribution in [-0.4, -0.2) is 29.2 Å². The number of carbonyl (C=O) groups excluding carboxylic acids is 3. The molecule has 1 aromatic rings. The van der Waals surface area contributed by atoms with Gasteiger partial charge in [0.15, 0.2) is 0 Å². The summed E-state index contributed by atoms with van der Waals surface area (Å²) in [5.41, 5.74) is 0.408. The highest BCUT2D eigenvalue weighted by molar-refractivity contribution is 6.43. The van der Waals surface area contributed by atoms with E-state index in [1.807, 2.05) is 12.2 Å². The lowest BCUT2D eigenvalue weighted by Gasteiger charge is -2.14. The van der Waals surface area contributed by atoms with Gasteiger partial charge in [-0.25, -0.2) is 0 Å². The Bertz CT molecular complexity index is 707. The second-order valence-corrected chi connectivity index (χ2v) is 6.67. The molecule has 24 heavy (non-hydrogen) atoms. The number of hydrogen-bond donors (Lipinski definition) is 1. The molecule has 1 aliphatic heterocycles. The van der Waals surface area contributed by atoms with Gasteiger partial charge in [-0.15, -0.1) is 0 Å². The van der Waals surface area contributed by atoms with E-state index in [1.165, 1.54) is 4.90 Å². The number of amides is 3. The van der Waals surface area contributed by atoms with Crippen LogP contribution < -0.4 is 5.32 Å². The van der Waals surface area contributed by atoms with E-state index in [0.29, 0.717) is 23.6 Å². The van der Waals surface area contributed by atoms with E-state index < -0.39 is 0 Å². The summed E-state index contributed by atoms with van der Waals surface area (Å²) >= 11 is 11.9. The van der Waals surface area contributed by atoms with E-state index in [1.54, 1.807) is 18.2 Å². The molecule has 1 aromatic carbocycles. The lowest BCUT2D eigenvalue weighted by molar-refractivity contribution is -0.140. The Kier molecular flexibility index (Phi) is 4.92. The number of nitrogens with zero attached hydrogens (tertiary/aromatic N) is 1. The summed E-state index contributed by atoms with van der Waals surface area (Å²) in [5.74, 6) is -1.22. The molecule has 2 aliphatic rings. The summed E-state index contributed by atoms with van der Waals surface area (Å²) in [5, 5.41) is 3.26. The molecule has 3 amide bonds. The standard InChI is InChI=1S/C17H16Cl2N2O3/c18-12-6-3-7-13(15(12)19)20-14(22)8-9-21-16(23)10-4-1-2-5-11(10)17(21)24/h1-3,6-7,10-11H,4-5,8-9H2,(H,20,22)/t10-,11+. The lowest BCUT2D eigenvalue weighted by atomic mass is 9.85. The molecule has 0 saturated carbocycles. The predicted molar refractivity (Wildman–Crippen MR) is 91.8 cm³/mol. The van der Waals surface area contributed by atoms with Gasteiger partial charge < -0.3 is 5.32 Å². The van der Waals surface area contributed by atoms with E-state index in [-0.39, 0.29) is 47.5 Å². The quantitative estimate of drug-likeness (QED) is 0.656. The number of anilines is 1. The van der Waals surface area contributed by atoms with Crippen molar-refractivity contribution in [1.82, 2.24) is 4.90 Å². The van der Waals surface area contributed by atoms with Gasteiger partial charge in [-0.05, 0) is 25.0 Å². The van der Waals surface area contributed by atoms with Crippen LogP contribution in [0.15, 0.2) is 30.4 Å². The van der Waals surface area contributed by atoms with Crippen LogP contribution in [0.5, 0.6) is 0 Å². The highest BCUT2D eigenvalue weighted by Gasteiger charge is 2.46. The Balaban J connectivity index is 1.59. The predicted octanol–water partition coefficient (Wildman–Crippen LogP) is 3.27. The number of nitrogens with one attached hydrogen (secondary N) is 1. The zero-order chi connectivity index (χ0) is 17.3. The third kappa shape index (κ3) is 3.19. The van der Waals surface area contributed by atoms with Crippen molar-refractivity contribution in [2.75, 3.05) is 11.9 Å². The van der Waals surface area contributed by atoms with Crippen LogP contribution in [0.1, 0.15) is 19.3 Å². The molecule has 2 atom stereocenters. The van der Waals surface area contributed by atoms with Crippen molar-refractivity contribution in [2.45, 2.75) is 19.3 Å². The van der Waals surface area contributed by atoms with Gasteiger partial charge in [-0.1, -0.05) is 41.4 Å². The Morgan fingerprint density at radius 1 is 1.12 bits per heavy atom. The first-order chi connectivity index (χ1) is 11.5. The summed E-state index contributed by atoms with van der Waals surface area (Å²) in [4.78, 5) is 37.9. The highest BCUT2D eigenvalue weighted by atomic mass is 35.5. The number of imide groups is 1. The highest BCUT2D eigenvalue weighted by Crippen LogP contribution is 2.35. The lowest BCUT2D eigenvalue weighted by Crippen LogP contribution is -2.34. The molecule has 1 heterocycles. The van der Waals surface area contributed by atoms with Gasteiger partial charge in [0.1, 0.15) is 0 Å². The molecule has 1 saturated heterocycles. The minimum absolute atomic E-state index is 0.0210. The molecule has 1 N–H and O–H groups in total. The van der Waals surface area contributed by atoms with Crippen LogP contribution in [-0.2, 0) is 14.4 Å². The first-order valence-electron chi connectivity index (χ1n) is 7.73. The van der Waals surface area contributed by atoms with Crippen molar-refractivity contribution >= 4 is 46.6 Å². The van der Waals surface area contributed by atoms with E-state index >= 15 is 0 Å². The zero-order valence-electron chi connectivity index (χ0n) is 12.8. The van der Waals surface area contributed by atoms with Gasteiger partial charge in [0.25, 0.3) is 0 Å². The molecule has 126 valence electrons. The van der Waals surface area contributed by atoms with Crippen molar-refractivity contribution in [2.24, 2.45) is 11.8 Å². The van der Waals surface area contributed by atoms with Gasteiger partial charge in [-0.2, -0.15) is 0 Å². The van der Waals surface area contributed by atoms with Crippen LogP contribution in [0.3, 0.4) is 0 Å². The van der Waals surface area contributed by atoms with Gasteiger partial charge in [0, 0.05) is 13.0 Å². The molecule has 0 aromatic heterocycles. The maximum atomic E-state index is 12.3. The summed E-state index contributed by atoms with van der Waals surface area (Å²) < 4.78 is 0. The zero-order valence-corrected chi connectivity index (χ0v) is 14.3. The Hall–Kier alpha value is -1.85. The third-order valence-corrected chi connectivity index (χ3v) is 5.21. The van der Waals surface area contributed by atoms with Crippen molar-refractivity contribution in [3.63, 3.8) is 0 Å². The second kappa shape index (κ2) is 6.95. The maximum absolute atomic E-state index is 12.3. The van der Waals surface area contributed by atoms with Crippen LogP contribution in [0.4, 0.5) is 5.69 Å². The molecule has 0 radical (unpaired) electrons. The number of rotatable bonds is 4. The van der Waals surface area contributed by atoms with Crippen molar-refractivity contribution < 1.29 is 14.4 Å². The number of halogens is 2. The largest absolute Gasteiger partial charge is 0.325 e. The number of carbonyl (C=O) groups is 3. The molecular weight excluding hydrogens is 351 g/mol. The van der Waals surface area contributed by atoms with Crippen LogP contribution >= 0.6 is 23.2 Å². The molecule has 0 unspecified atom stereocenters. The van der Waals surface area contributed by atoms with Gasteiger partial charge in [0.05, 0.1) is 27.6 Å². The molecule has 1 aliphatic carbocycles. The minimum atomic E-state index is -0.326. The van der Waals surface area contributed by atoms with E-state index in [9.17, 15) is 14.4 Å². The van der Waals surface area contributed by atoms with Gasteiger partial charge >= 0.3 is 0 Å². The number of fused-ring (bicyclic) bond motifs is 1. The van der Waals surface area contributed by atoms with Gasteiger partial charge in [-0.3, -0.25) is 19.3 Å². The molecule has 0 bridgehead atoms. The smallest absolute Gasteiger partial charge is 0.233 e. The molecule has 1 fully saturated rings. The Morgan fingerprint density at radius 3 is 2.38 bits per heavy atom. The van der Waals surface area contributed by atoms with E-state index in [4.69, 9.17) is 23.2 Å². The minimum Gasteiger partial charge on any atom is -0.325 e. The van der Waals surface area contributed by atoms with Crippen LogP contribution in [0.25, 0.3) is 0 Å². The van der Waals surface area contributed by atoms with E-state index in [2.05, 4.69) is 5.32 Å².